The first-order valence-corrected chi connectivity index (χ1v) is 14.4. The van der Waals surface area contributed by atoms with E-state index in [0.717, 1.165) is 30.4 Å². The van der Waals surface area contributed by atoms with Crippen LogP contribution in [0.1, 0.15) is 85.9 Å². The van der Waals surface area contributed by atoms with Gasteiger partial charge in [0.15, 0.2) is 17.7 Å². The zero-order valence-corrected chi connectivity index (χ0v) is 25.1. The van der Waals surface area contributed by atoms with Gasteiger partial charge in [-0.1, -0.05) is 6.92 Å². The molecule has 0 unspecified atom stereocenters. The first-order valence-electron chi connectivity index (χ1n) is 14.4. The lowest BCUT2D eigenvalue weighted by Gasteiger charge is -2.30. The molecule has 2 aliphatic rings. The molecule has 5 rings (SSSR count). The fraction of sp³-hybridized carbons (Fsp3) is 0.531. The van der Waals surface area contributed by atoms with Crippen molar-refractivity contribution in [3.8, 4) is 16.9 Å². The number of amides is 1. The number of halogens is 1. The second-order valence-corrected chi connectivity index (χ2v) is 12.5. The van der Waals surface area contributed by atoms with Gasteiger partial charge in [-0.15, -0.1) is 0 Å². The maximum absolute atomic E-state index is 15.6. The minimum absolute atomic E-state index is 0.0926. The first kappa shape index (κ1) is 29.0. The van der Waals surface area contributed by atoms with Crippen molar-refractivity contribution < 1.29 is 28.6 Å². The Morgan fingerprint density at radius 1 is 1.20 bits per heavy atom. The van der Waals surface area contributed by atoms with Crippen LogP contribution in [0.15, 0.2) is 12.1 Å². The molecular weight excluding hydrogens is 525 g/mol. The number of fused-ring (bicyclic) bond motifs is 2. The highest BCUT2D eigenvalue weighted by molar-refractivity contribution is 6.04. The number of carbonyl (C=O) groups is 2. The van der Waals surface area contributed by atoms with Crippen LogP contribution in [0.25, 0.3) is 22.2 Å². The molecule has 220 valence electrons. The molecule has 1 fully saturated rings. The van der Waals surface area contributed by atoms with Crippen LogP contribution in [0.3, 0.4) is 0 Å². The predicted octanol–water partition coefficient (Wildman–Crippen LogP) is 6.13. The van der Waals surface area contributed by atoms with Crippen LogP contribution < -0.4 is 4.74 Å². The number of nitrogens with zero attached hydrogens (tertiary/aromatic N) is 3. The zero-order valence-electron chi connectivity index (χ0n) is 25.1. The Labute approximate surface area is 240 Å². The third-order valence-corrected chi connectivity index (χ3v) is 8.36. The van der Waals surface area contributed by atoms with Gasteiger partial charge in [-0.25, -0.2) is 14.2 Å². The molecule has 2 aromatic heterocycles. The summed E-state index contributed by atoms with van der Waals surface area (Å²) in [5.74, 6) is -0.923. The Hall–Kier alpha value is -3.46. The first-order chi connectivity index (χ1) is 19.3. The van der Waals surface area contributed by atoms with Crippen LogP contribution in [0.5, 0.6) is 5.75 Å². The van der Waals surface area contributed by atoms with Crippen LogP contribution in [-0.2, 0) is 23.0 Å². The highest BCUT2D eigenvalue weighted by atomic mass is 19.1. The van der Waals surface area contributed by atoms with E-state index in [4.69, 9.17) is 14.5 Å². The molecule has 3 aromatic rings. The maximum atomic E-state index is 15.6. The summed E-state index contributed by atoms with van der Waals surface area (Å²) in [5.41, 5.74) is 3.68. The number of aromatic nitrogens is 2. The van der Waals surface area contributed by atoms with Crippen molar-refractivity contribution in [2.24, 2.45) is 13.0 Å². The number of aryl methyl sites for hydroxylation is 2. The average Bonchev–Trinajstić information content (AvgIpc) is 3.24. The zero-order chi connectivity index (χ0) is 29.8. The number of pyridine rings is 1. The lowest BCUT2D eigenvalue weighted by molar-refractivity contribution is -0.160. The van der Waals surface area contributed by atoms with Gasteiger partial charge >= 0.3 is 5.97 Å². The van der Waals surface area contributed by atoms with Crippen molar-refractivity contribution in [2.45, 2.75) is 78.9 Å². The monoisotopic (exact) mass is 565 g/mol. The molecule has 1 amide bonds. The molecule has 2 aliphatic heterocycles. The molecule has 0 saturated carbocycles. The molecule has 0 bridgehead atoms. The summed E-state index contributed by atoms with van der Waals surface area (Å²) in [6.45, 7) is 13.1. The number of piperidine rings is 1. The lowest BCUT2D eigenvalue weighted by Crippen LogP contribution is -2.38. The van der Waals surface area contributed by atoms with Gasteiger partial charge in [-0.3, -0.25) is 4.79 Å². The fourth-order valence-electron chi connectivity index (χ4n) is 6.15. The molecular formula is C32H40FN3O5. The van der Waals surface area contributed by atoms with Crippen molar-refractivity contribution in [1.82, 2.24) is 14.5 Å². The number of hydrogen-bond donors (Lipinski definition) is 1. The highest BCUT2D eigenvalue weighted by Gasteiger charge is 2.35. The molecule has 0 spiro atoms. The van der Waals surface area contributed by atoms with Gasteiger partial charge in [-0.2, -0.15) is 0 Å². The molecule has 41 heavy (non-hydrogen) atoms. The van der Waals surface area contributed by atoms with E-state index in [1.807, 2.05) is 11.8 Å². The Morgan fingerprint density at radius 2 is 1.88 bits per heavy atom. The van der Waals surface area contributed by atoms with Gasteiger partial charge in [0.2, 0.25) is 0 Å². The van der Waals surface area contributed by atoms with Crippen LogP contribution in [0.4, 0.5) is 4.39 Å². The Balaban J connectivity index is 1.81. The molecule has 1 aromatic carbocycles. The summed E-state index contributed by atoms with van der Waals surface area (Å²) in [6.07, 6.45) is 1.95. The summed E-state index contributed by atoms with van der Waals surface area (Å²) in [4.78, 5) is 33.2. The predicted molar refractivity (Wildman–Crippen MR) is 155 cm³/mol. The number of carbonyl (C=O) groups excluding carboxylic acids is 1. The van der Waals surface area contributed by atoms with Crippen molar-refractivity contribution in [1.29, 1.82) is 0 Å². The van der Waals surface area contributed by atoms with Crippen LogP contribution >= 0.6 is 0 Å². The average molecular weight is 566 g/mol. The van der Waals surface area contributed by atoms with E-state index in [0.29, 0.717) is 71.1 Å². The minimum Gasteiger partial charge on any atom is -0.490 e. The number of hydrogen-bond acceptors (Lipinski definition) is 5. The number of benzene rings is 1. The highest BCUT2D eigenvalue weighted by Crippen LogP contribution is 2.45. The lowest BCUT2D eigenvalue weighted by atomic mass is 9.86. The van der Waals surface area contributed by atoms with E-state index in [1.165, 1.54) is 6.07 Å². The number of carboxylic acids is 1. The standard InChI is InChI=1S/C32H40FN3O5/c1-17-10-12-36(13-11-17)30(37)24-16-22-26(21-15-23(33)27-20(18(21)2)9-8-14-40-27)25(19(3)34-29(22)35(24)7)28(31(38)39)41-32(4,5)6/h15-17,28H,8-14H2,1-7H3,(H,38,39)/t28-/m0/s1. The summed E-state index contributed by atoms with van der Waals surface area (Å²) in [7, 11) is 1.80. The van der Waals surface area contributed by atoms with Gasteiger partial charge in [-0.05, 0) is 89.5 Å². The van der Waals surface area contributed by atoms with E-state index in [2.05, 4.69) is 6.92 Å². The number of likely N-dealkylation sites (tertiary alicyclic amines) is 1. The molecule has 4 heterocycles. The van der Waals surface area contributed by atoms with Crippen LogP contribution in [-0.4, -0.2) is 56.7 Å². The van der Waals surface area contributed by atoms with E-state index in [-0.39, 0.29) is 11.7 Å². The van der Waals surface area contributed by atoms with E-state index < -0.39 is 23.5 Å². The number of ether oxygens (including phenoxy) is 2. The quantitative estimate of drug-likeness (QED) is 0.400. The van der Waals surface area contributed by atoms with Crippen LogP contribution in [0, 0.1) is 25.6 Å². The molecule has 0 aliphatic carbocycles. The fourth-order valence-corrected chi connectivity index (χ4v) is 6.15. The Morgan fingerprint density at radius 3 is 2.51 bits per heavy atom. The van der Waals surface area contributed by atoms with Gasteiger partial charge in [0.25, 0.3) is 5.91 Å². The third kappa shape index (κ3) is 5.32. The van der Waals surface area contributed by atoms with Gasteiger partial charge in [0, 0.05) is 47.9 Å². The van der Waals surface area contributed by atoms with Gasteiger partial charge in [0.05, 0.1) is 12.2 Å². The van der Waals surface area contributed by atoms with Crippen molar-refractivity contribution in [2.75, 3.05) is 19.7 Å². The molecule has 1 atom stereocenters. The number of carboxylic acid groups (broad SMARTS) is 1. The van der Waals surface area contributed by atoms with E-state index in [9.17, 15) is 14.7 Å². The van der Waals surface area contributed by atoms with Gasteiger partial charge < -0.3 is 24.0 Å². The SMILES string of the molecule is Cc1nc2c(cc(C(=O)N3CCC(C)CC3)n2C)c(-c2cc(F)c3c(c2C)CCCO3)c1[C@H](OC(C)(C)C)C(=O)O. The molecule has 8 nitrogen and oxygen atoms in total. The smallest absolute Gasteiger partial charge is 0.337 e. The van der Waals surface area contributed by atoms with Crippen molar-refractivity contribution in [3.05, 3.63) is 46.0 Å². The molecule has 1 N–H and O–H groups in total. The summed E-state index contributed by atoms with van der Waals surface area (Å²) >= 11 is 0. The maximum Gasteiger partial charge on any atom is 0.337 e. The van der Waals surface area contributed by atoms with Crippen molar-refractivity contribution >= 4 is 22.9 Å². The number of aliphatic carboxylic acids is 1. The summed E-state index contributed by atoms with van der Waals surface area (Å²) in [6, 6.07) is 3.21. The Bertz CT molecular complexity index is 1530. The summed E-state index contributed by atoms with van der Waals surface area (Å²) in [5, 5.41) is 11.0. The van der Waals surface area contributed by atoms with Crippen LogP contribution in [0.2, 0.25) is 0 Å². The second-order valence-electron chi connectivity index (χ2n) is 12.5. The topological polar surface area (TPSA) is 93.9 Å². The molecule has 1 saturated heterocycles. The minimum atomic E-state index is -1.36. The van der Waals surface area contributed by atoms with E-state index in [1.54, 1.807) is 45.4 Å². The normalized spacial score (nSPS) is 16.9. The largest absolute Gasteiger partial charge is 0.490 e. The number of rotatable bonds is 5. The van der Waals surface area contributed by atoms with Gasteiger partial charge in [0.1, 0.15) is 11.3 Å². The van der Waals surface area contributed by atoms with E-state index >= 15 is 4.39 Å². The third-order valence-electron chi connectivity index (χ3n) is 8.36. The molecule has 9 heteroatoms. The Kier molecular flexibility index (Phi) is 7.61. The molecule has 0 radical (unpaired) electrons. The van der Waals surface area contributed by atoms with Crippen molar-refractivity contribution in [3.63, 3.8) is 0 Å². The summed E-state index contributed by atoms with van der Waals surface area (Å²) < 4.78 is 29.2. The second kappa shape index (κ2) is 10.7.